The van der Waals surface area contributed by atoms with Crippen LogP contribution in [-0.2, 0) is 73.3 Å². The number of alkyl carbamates (subject to hydrolysis) is 4. The Bertz CT molecular complexity index is 5230. The zero-order valence-corrected chi connectivity index (χ0v) is 72.2. The topological polar surface area (TPSA) is 388 Å². The van der Waals surface area contributed by atoms with E-state index in [-0.39, 0.29) is 71.6 Å². The molecule has 4 aliphatic carbocycles. The SMILES string of the molecule is COC(=O)N[C@H](C(=O)N1[C@@H]2CC[C@@H](C2)[C@H]1c1ncc(-c2ccc3c(c2)CCc2cc(-c4cnc([C@@H]5CCCN5C(=O)[C@@H](NC(=O)OC)C5CCOCC5)[nH]4)ccc2-3)[nH]1)C(C)C.COC(=O)N[C@H](C(=O)N1[C@@H]2CC[C@@H](C2)[C@H]1c1ncc(-c2ccc3c(c2)CCc2cc(-c4cnc([C@@H]5CCCN5C)[nH]4)ccc2-3)[nH]1)C(C)C.COC(=O)N[C@H](C(=O)O)C1CCOCC1. The molecule has 7 amide bonds. The van der Waals surface area contributed by atoms with Gasteiger partial charge in [0.25, 0.3) is 0 Å². The quantitative estimate of drug-likeness (QED) is 0.0320. The van der Waals surface area contributed by atoms with Gasteiger partial charge in [0, 0.05) is 45.1 Å². The van der Waals surface area contributed by atoms with Crippen molar-refractivity contribution in [1.82, 2.24) is 80.7 Å². The summed E-state index contributed by atoms with van der Waals surface area (Å²) in [7, 11) is 7.34. The summed E-state index contributed by atoms with van der Waals surface area (Å²) in [5.41, 5.74) is 18.5. The molecule has 6 saturated heterocycles. The number of fused-ring (bicyclic) bond motifs is 10. The van der Waals surface area contributed by atoms with Gasteiger partial charge in [-0.2, -0.15) is 0 Å². The molecule has 0 radical (unpaired) electrons. The maximum atomic E-state index is 14.0. The van der Waals surface area contributed by atoms with Crippen molar-refractivity contribution in [1.29, 1.82) is 0 Å². The molecule has 4 bridgehead atoms. The highest BCUT2D eigenvalue weighted by molar-refractivity contribution is 5.90. The fraction of sp³-hybridized carbons (Fsp3) is 0.527. The number of aromatic nitrogens is 8. The fourth-order valence-corrected chi connectivity index (χ4v) is 21.1. The van der Waals surface area contributed by atoms with E-state index < -0.39 is 54.5 Å². The number of carbonyl (C=O) groups is 8. The molecule has 18 rings (SSSR count). The van der Waals surface area contributed by atoms with Gasteiger partial charge in [-0.15, -0.1) is 0 Å². The van der Waals surface area contributed by atoms with Crippen molar-refractivity contribution in [3.8, 4) is 67.3 Å². The first-order valence-corrected chi connectivity index (χ1v) is 44.2. The first-order valence-electron chi connectivity index (χ1n) is 44.2. The highest BCUT2D eigenvalue weighted by atomic mass is 16.6. The average molecular weight is 1700 g/mol. The Morgan fingerprint density at radius 1 is 0.427 bits per heavy atom. The standard InChI is InChI=1S/C46H56N8O7.C38H45N7O3.C9H15NO5/c1-25(2)38(51-45(57)59-3)44(56)54-32-12-9-31(22-32)40(54)42-48-24-36(50-42)30-11-14-34-28(21-30)8-7-27-20-29(10-13-33(27)34)35-23-47-41(49-35)37-6-5-17-53(37)43(55)39(52-46(58)60-4)26-15-18-61-19-16-26;1-21(2)33(43-38(47)48-4)37(46)45-27-12-9-26(18-27)34(45)36-40-20-31(42-36)25-11-14-29-23(17-25)8-7-22-16-24(10-13-28(22)29)30-19-39-35(41-30)32-6-5-15-44(32)3;1-14-9(13)10-7(8(11)12)6-2-4-15-5-3-6/h10-11,13-14,20-21,23-26,31-32,37-40H,5-9,12,15-19,22H2,1-4H3,(H,47,49)(H,48,50)(H,51,57)(H,52,58);10-11,13-14,16-17,19-21,26-27,32-34H,5-9,12,15,18H2,1-4H3,(H,39,41)(H,40,42)(H,43,47);6-7H,2-5H2,1H3,(H,10,13)(H,11,12)/t31-,32+,37-,38-,39-,40-;26-,27+,32-,33-,34-;7-/m000/s1. The third-order valence-electron chi connectivity index (χ3n) is 27.6. The van der Waals surface area contributed by atoms with Gasteiger partial charge in [0.15, 0.2) is 0 Å². The second-order valence-corrected chi connectivity index (χ2v) is 35.6. The van der Waals surface area contributed by atoms with Gasteiger partial charge in [0.05, 0.1) is 100 Å². The molecule has 0 unspecified atom stereocenters. The monoisotopic (exact) mass is 1700 g/mol. The van der Waals surface area contributed by atoms with Crippen molar-refractivity contribution in [2.75, 3.05) is 75.0 Å². The van der Waals surface area contributed by atoms with Crippen molar-refractivity contribution in [3.05, 3.63) is 143 Å². The number of methoxy groups -OCH3 is 4. The van der Waals surface area contributed by atoms with Crippen molar-refractivity contribution in [3.63, 3.8) is 0 Å². The molecule has 4 aromatic carbocycles. The number of carboxylic acid groups (broad SMARTS) is 1. The van der Waals surface area contributed by atoms with Crippen LogP contribution >= 0.6 is 0 Å². The number of carboxylic acids is 1. The lowest BCUT2D eigenvalue weighted by Gasteiger charge is -2.37. The van der Waals surface area contributed by atoms with Crippen LogP contribution in [0.5, 0.6) is 0 Å². The molecule has 124 heavy (non-hydrogen) atoms. The summed E-state index contributed by atoms with van der Waals surface area (Å²) in [6.07, 6.45) is 21.5. The molecule has 658 valence electrons. The van der Waals surface area contributed by atoms with E-state index in [4.69, 9.17) is 48.7 Å². The number of hydrogen-bond acceptors (Lipinski definition) is 19. The molecule has 8 fully saturated rings. The van der Waals surface area contributed by atoms with Crippen LogP contribution in [0.15, 0.2) is 97.6 Å². The summed E-state index contributed by atoms with van der Waals surface area (Å²) >= 11 is 0. The van der Waals surface area contributed by atoms with Gasteiger partial charge in [0.2, 0.25) is 17.7 Å². The van der Waals surface area contributed by atoms with E-state index in [1.807, 2.05) is 67.2 Å². The van der Waals surface area contributed by atoms with Gasteiger partial charge >= 0.3 is 30.3 Å². The molecule has 8 aromatic rings. The molecule has 31 heteroatoms. The number of aromatic amines is 4. The summed E-state index contributed by atoms with van der Waals surface area (Å²) in [5, 5.41) is 19.7. The van der Waals surface area contributed by atoms with E-state index in [2.05, 4.69) is 131 Å². The van der Waals surface area contributed by atoms with Gasteiger partial charge in [-0.1, -0.05) is 76.2 Å². The van der Waals surface area contributed by atoms with Gasteiger partial charge in [-0.05, 0) is 256 Å². The predicted molar refractivity (Wildman–Crippen MR) is 460 cm³/mol. The zero-order chi connectivity index (χ0) is 86.7. The van der Waals surface area contributed by atoms with Crippen LogP contribution in [-0.4, -0.2) is 224 Å². The lowest BCUT2D eigenvalue weighted by Crippen LogP contribution is -2.54. The largest absolute Gasteiger partial charge is 0.480 e. The minimum absolute atomic E-state index is 0.0242. The van der Waals surface area contributed by atoms with Crippen LogP contribution in [0.4, 0.5) is 19.2 Å². The predicted octanol–water partition coefficient (Wildman–Crippen LogP) is 13.1. The number of hydrogen-bond donors (Lipinski definition) is 9. The zero-order valence-electron chi connectivity index (χ0n) is 72.2. The van der Waals surface area contributed by atoms with Crippen molar-refractivity contribution >= 4 is 48.1 Å². The number of amides is 7. The number of nitrogens with one attached hydrogen (secondary N) is 8. The van der Waals surface area contributed by atoms with E-state index in [1.54, 1.807) is 0 Å². The first-order chi connectivity index (χ1) is 60.0. The minimum atomic E-state index is -1.03. The molecule has 0 spiro atoms. The summed E-state index contributed by atoms with van der Waals surface area (Å²) in [4.78, 5) is 142. The Morgan fingerprint density at radius 2 is 0.774 bits per heavy atom. The van der Waals surface area contributed by atoms with Gasteiger partial charge in [-0.3, -0.25) is 19.3 Å². The van der Waals surface area contributed by atoms with Crippen LogP contribution in [0.25, 0.3) is 67.3 Å². The third-order valence-corrected chi connectivity index (χ3v) is 27.6. The van der Waals surface area contributed by atoms with Crippen molar-refractivity contribution in [2.45, 2.75) is 204 Å². The number of likely N-dealkylation sites (tertiary alicyclic amines) is 4. The Balaban J connectivity index is 0.000000160. The normalized spacial score (nSPS) is 22.8. The Hall–Kier alpha value is -11.4. The van der Waals surface area contributed by atoms with Gasteiger partial charge in [0.1, 0.15) is 47.5 Å². The summed E-state index contributed by atoms with van der Waals surface area (Å²) < 4.78 is 29.6. The van der Waals surface area contributed by atoms with E-state index >= 15 is 0 Å². The van der Waals surface area contributed by atoms with Crippen LogP contribution < -0.4 is 21.3 Å². The number of rotatable bonds is 20. The minimum Gasteiger partial charge on any atom is -0.480 e. The Kier molecular flexibility index (Phi) is 26.1. The second kappa shape index (κ2) is 37.6. The maximum Gasteiger partial charge on any atom is 0.407 e. The second-order valence-electron chi connectivity index (χ2n) is 35.6. The van der Waals surface area contributed by atoms with E-state index in [9.17, 15) is 38.4 Å². The number of benzene rings is 4. The molecule has 12 atom stereocenters. The lowest BCUT2D eigenvalue weighted by molar-refractivity contribution is -0.142. The smallest absolute Gasteiger partial charge is 0.407 e. The third kappa shape index (κ3) is 17.9. The van der Waals surface area contributed by atoms with Crippen LogP contribution in [0, 0.1) is 35.5 Å². The Labute approximate surface area is 721 Å². The molecular weight excluding hydrogens is 1580 g/mol. The summed E-state index contributed by atoms with van der Waals surface area (Å²) in [6, 6.07) is 23.9. The maximum absolute atomic E-state index is 14.0. The number of imidazole rings is 4. The van der Waals surface area contributed by atoms with Gasteiger partial charge in [-0.25, -0.2) is 43.9 Å². The number of piperidine rings is 2. The van der Waals surface area contributed by atoms with Gasteiger partial charge < -0.3 is 89.4 Å². The molecule has 10 heterocycles. The number of aliphatic carboxylic acids is 1. The first kappa shape index (κ1) is 86.1. The van der Waals surface area contributed by atoms with Crippen LogP contribution in [0.1, 0.15) is 187 Å². The lowest BCUT2D eigenvalue weighted by atomic mass is 9.83. The average Bonchev–Trinajstić information content (AvgIpc) is 1.58. The number of carbonyl (C=O) groups excluding carboxylic acids is 7. The van der Waals surface area contributed by atoms with Crippen molar-refractivity contribution < 1.29 is 71.9 Å². The molecule has 4 aromatic heterocycles. The number of nitrogens with zero attached hydrogens (tertiary/aromatic N) is 8. The van der Waals surface area contributed by atoms with E-state index in [1.165, 1.54) is 84.9 Å². The fourth-order valence-electron chi connectivity index (χ4n) is 21.1. The highest BCUT2D eigenvalue weighted by Gasteiger charge is 2.54. The molecule has 6 aliphatic heterocycles. The molecule has 31 nitrogen and oxygen atoms in total. The molecule has 2 saturated carbocycles. The number of aryl methyl sites for hydroxylation is 4. The molecule has 10 aliphatic rings. The summed E-state index contributed by atoms with van der Waals surface area (Å²) in [5.74, 6) is 2.52. The summed E-state index contributed by atoms with van der Waals surface area (Å²) in [6.45, 7) is 11.7. The molecular formula is C93H116N16O15. The number of H-pyrrole nitrogens is 4. The van der Waals surface area contributed by atoms with Crippen LogP contribution in [0.3, 0.4) is 0 Å². The van der Waals surface area contributed by atoms with E-state index in [0.717, 1.165) is 153 Å². The molecule has 9 N–H and O–H groups in total. The Morgan fingerprint density at radius 3 is 1.15 bits per heavy atom. The van der Waals surface area contributed by atoms with Crippen LogP contribution in [0.2, 0.25) is 0 Å². The van der Waals surface area contributed by atoms with Crippen molar-refractivity contribution in [2.24, 2.45) is 35.5 Å². The highest BCUT2D eigenvalue weighted by Crippen LogP contribution is 2.53. The van der Waals surface area contributed by atoms with E-state index in [0.29, 0.717) is 76.5 Å². The number of ether oxygens (including phenoxy) is 6.